The van der Waals surface area contributed by atoms with Crippen LogP contribution in [0.1, 0.15) is 78.0 Å². The molecule has 41 heavy (non-hydrogen) atoms. The molecule has 0 heterocycles. The number of ether oxygens (including phenoxy) is 1. The number of nitrogens with two attached hydrogens (primary N) is 1. The van der Waals surface area contributed by atoms with Crippen LogP contribution in [0, 0.1) is 5.92 Å². The van der Waals surface area contributed by atoms with E-state index in [0.717, 1.165) is 12.0 Å². The molecule has 2 aromatic rings. The maximum atomic E-state index is 14.3. The molecular formula is C31H44N4O6. The molecule has 0 radical (unpaired) electrons. The first-order valence-electron chi connectivity index (χ1n) is 13.9. The number of primary amides is 1. The van der Waals surface area contributed by atoms with E-state index < -0.39 is 54.0 Å². The van der Waals surface area contributed by atoms with Crippen molar-refractivity contribution in [2.24, 2.45) is 11.7 Å². The highest BCUT2D eigenvalue weighted by Gasteiger charge is 2.40. The highest BCUT2D eigenvalue weighted by molar-refractivity contribution is 5.95. The summed E-state index contributed by atoms with van der Waals surface area (Å²) in [5.41, 5.74) is 5.67. The Balaban J connectivity index is 2.58. The van der Waals surface area contributed by atoms with Crippen molar-refractivity contribution in [1.82, 2.24) is 15.5 Å². The van der Waals surface area contributed by atoms with Gasteiger partial charge in [0.15, 0.2) is 0 Å². The number of para-hydroxylation sites is 1. The molecule has 5 N–H and O–H groups in total. The Labute approximate surface area is 242 Å². The third kappa shape index (κ3) is 10.8. The Kier molecular flexibility index (Phi) is 12.2. The zero-order valence-electron chi connectivity index (χ0n) is 24.8. The number of nitrogens with zero attached hydrogens (tertiary/aromatic N) is 1. The van der Waals surface area contributed by atoms with E-state index in [1.807, 2.05) is 44.2 Å². The van der Waals surface area contributed by atoms with Crippen LogP contribution in [-0.4, -0.2) is 51.5 Å². The Bertz CT molecular complexity index is 1180. The second kappa shape index (κ2) is 15.1. The molecule has 224 valence electrons. The van der Waals surface area contributed by atoms with Gasteiger partial charge < -0.3 is 31.1 Å². The lowest BCUT2D eigenvalue weighted by atomic mass is 9.96. The van der Waals surface area contributed by atoms with E-state index in [9.17, 15) is 24.3 Å². The second-order valence-electron chi connectivity index (χ2n) is 11.6. The lowest BCUT2D eigenvalue weighted by molar-refractivity contribution is -0.146. The van der Waals surface area contributed by atoms with Crippen LogP contribution in [0.2, 0.25) is 0 Å². The maximum absolute atomic E-state index is 14.3. The summed E-state index contributed by atoms with van der Waals surface area (Å²) in [5, 5.41) is 16.2. The monoisotopic (exact) mass is 568 g/mol. The van der Waals surface area contributed by atoms with Gasteiger partial charge >= 0.3 is 6.09 Å². The molecule has 0 bridgehead atoms. The molecule has 3 unspecified atom stereocenters. The molecule has 0 saturated carbocycles. The van der Waals surface area contributed by atoms with Crippen LogP contribution in [0.5, 0.6) is 5.75 Å². The highest BCUT2D eigenvalue weighted by Crippen LogP contribution is 2.32. The zero-order valence-corrected chi connectivity index (χ0v) is 24.8. The van der Waals surface area contributed by atoms with Gasteiger partial charge in [0.05, 0.1) is 6.42 Å². The fraction of sp³-hybridized carbons (Fsp3) is 0.484. The predicted molar refractivity (Wildman–Crippen MR) is 156 cm³/mol. The molecule has 10 heteroatoms. The van der Waals surface area contributed by atoms with Gasteiger partial charge in [0, 0.05) is 18.2 Å². The van der Waals surface area contributed by atoms with Crippen molar-refractivity contribution in [2.75, 3.05) is 0 Å². The highest BCUT2D eigenvalue weighted by atomic mass is 16.6. The fourth-order valence-electron chi connectivity index (χ4n) is 4.36. The van der Waals surface area contributed by atoms with Crippen molar-refractivity contribution >= 4 is 23.8 Å². The van der Waals surface area contributed by atoms with Gasteiger partial charge in [0.25, 0.3) is 0 Å². The quantitative estimate of drug-likeness (QED) is 0.285. The van der Waals surface area contributed by atoms with Crippen LogP contribution >= 0.6 is 0 Å². The van der Waals surface area contributed by atoms with Gasteiger partial charge in [-0.3, -0.25) is 14.4 Å². The Morgan fingerprint density at radius 1 is 0.951 bits per heavy atom. The third-order valence-electron chi connectivity index (χ3n) is 6.35. The normalized spacial score (nSPS) is 13.5. The van der Waals surface area contributed by atoms with Crippen molar-refractivity contribution in [3.63, 3.8) is 0 Å². The number of aromatic hydroxyl groups is 1. The molecule has 0 fully saturated rings. The van der Waals surface area contributed by atoms with Crippen molar-refractivity contribution in [2.45, 2.75) is 91.1 Å². The molecule has 2 rings (SSSR count). The third-order valence-corrected chi connectivity index (χ3v) is 6.35. The molecule has 0 spiro atoms. The topological polar surface area (TPSA) is 151 Å². The molecule has 0 aliphatic rings. The minimum atomic E-state index is -1.40. The Hall–Kier alpha value is -4.08. The van der Waals surface area contributed by atoms with E-state index in [4.69, 9.17) is 10.5 Å². The van der Waals surface area contributed by atoms with E-state index in [2.05, 4.69) is 10.6 Å². The molecule has 0 aromatic heterocycles. The molecule has 0 aliphatic heterocycles. The molecule has 10 nitrogen and oxygen atoms in total. The lowest BCUT2D eigenvalue weighted by Gasteiger charge is -2.38. The van der Waals surface area contributed by atoms with Gasteiger partial charge in [-0.15, -0.1) is 0 Å². The standard InChI is InChI=1S/C31H44N4O6/c1-20(2)16-17-21(3)35(29(39)24(18-26(32)37)34-30(40)41-31(4,5)6)27(23-14-10-11-15-25(23)36)28(38)33-19-22-12-8-7-9-13-22/h7-15,20-21,24,27,36H,16-19H2,1-6H3,(H2,32,37)(H,33,38)(H,34,40). The second-order valence-corrected chi connectivity index (χ2v) is 11.6. The summed E-state index contributed by atoms with van der Waals surface area (Å²) in [6, 6.07) is 12.4. The van der Waals surface area contributed by atoms with Crippen molar-refractivity contribution in [1.29, 1.82) is 0 Å². The largest absolute Gasteiger partial charge is 0.508 e. The smallest absolute Gasteiger partial charge is 0.408 e. The van der Waals surface area contributed by atoms with Crippen molar-refractivity contribution in [3.8, 4) is 5.75 Å². The molecule has 2 aromatic carbocycles. The van der Waals surface area contributed by atoms with Crippen molar-refractivity contribution < 1.29 is 29.0 Å². The van der Waals surface area contributed by atoms with E-state index in [0.29, 0.717) is 12.3 Å². The average molecular weight is 569 g/mol. The van der Waals surface area contributed by atoms with Crippen LogP contribution in [0.25, 0.3) is 0 Å². The van der Waals surface area contributed by atoms with Gasteiger partial charge in [-0.1, -0.05) is 62.4 Å². The fourth-order valence-corrected chi connectivity index (χ4v) is 4.36. The van der Waals surface area contributed by atoms with Gasteiger partial charge in [0.1, 0.15) is 23.4 Å². The van der Waals surface area contributed by atoms with E-state index in [-0.39, 0.29) is 17.9 Å². The first kappa shape index (κ1) is 33.1. The first-order valence-corrected chi connectivity index (χ1v) is 13.9. The van der Waals surface area contributed by atoms with Crippen LogP contribution in [0.4, 0.5) is 4.79 Å². The number of rotatable bonds is 13. The minimum absolute atomic E-state index is 0.173. The summed E-state index contributed by atoms with van der Waals surface area (Å²) >= 11 is 0. The number of nitrogens with one attached hydrogen (secondary N) is 2. The summed E-state index contributed by atoms with van der Waals surface area (Å²) in [7, 11) is 0. The lowest BCUT2D eigenvalue weighted by Crippen LogP contribution is -2.56. The van der Waals surface area contributed by atoms with E-state index in [1.165, 1.54) is 11.0 Å². The molecule has 0 aliphatic carbocycles. The summed E-state index contributed by atoms with van der Waals surface area (Å²) in [4.78, 5) is 54.2. The number of phenols is 1. The summed E-state index contributed by atoms with van der Waals surface area (Å²) < 4.78 is 5.33. The molecule has 0 saturated heterocycles. The van der Waals surface area contributed by atoms with Crippen LogP contribution in [0.3, 0.4) is 0 Å². The number of carbonyl (C=O) groups is 4. The Morgan fingerprint density at radius 3 is 2.12 bits per heavy atom. The van der Waals surface area contributed by atoms with Crippen LogP contribution < -0.4 is 16.4 Å². The van der Waals surface area contributed by atoms with Crippen LogP contribution in [0.15, 0.2) is 54.6 Å². The summed E-state index contributed by atoms with van der Waals surface area (Å²) in [6.07, 6.45) is -0.149. The Morgan fingerprint density at radius 2 is 1.56 bits per heavy atom. The number of hydrogen-bond acceptors (Lipinski definition) is 6. The van der Waals surface area contributed by atoms with Gasteiger partial charge in [-0.05, 0) is 58.1 Å². The summed E-state index contributed by atoms with van der Waals surface area (Å²) in [5.74, 6) is -1.91. The zero-order chi connectivity index (χ0) is 30.7. The minimum Gasteiger partial charge on any atom is -0.508 e. The van der Waals surface area contributed by atoms with Gasteiger partial charge in [0.2, 0.25) is 17.7 Å². The van der Waals surface area contributed by atoms with Gasteiger partial charge in [-0.2, -0.15) is 0 Å². The number of hydrogen-bond donors (Lipinski definition) is 4. The number of amides is 4. The SMILES string of the molecule is CC(C)CCC(C)N(C(=O)C(CC(N)=O)NC(=O)OC(C)(C)C)C(C(=O)NCc1ccccc1)c1ccccc1O. The molecule has 3 atom stereocenters. The number of carbonyl (C=O) groups excluding carboxylic acids is 4. The maximum Gasteiger partial charge on any atom is 0.408 e. The molecular weight excluding hydrogens is 524 g/mol. The summed E-state index contributed by atoms with van der Waals surface area (Å²) in [6.45, 7) is 11.1. The van der Waals surface area contributed by atoms with E-state index >= 15 is 0 Å². The predicted octanol–water partition coefficient (Wildman–Crippen LogP) is 4.17. The van der Waals surface area contributed by atoms with E-state index in [1.54, 1.807) is 45.9 Å². The number of phenolic OH excluding ortho intramolecular Hbond substituents is 1. The van der Waals surface area contributed by atoms with Crippen LogP contribution in [-0.2, 0) is 25.7 Å². The van der Waals surface area contributed by atoms with Gasteiger partial charge in [-0.25, -0.2) is 4.79 Å². The average Bonchev–Trinajstić information content (AvgIpc) is 2.88. The molecule has 4 amide bonds. The first-order chi connectivity index (χ1) is 19.2. The number of benzene rings is 2. The number of alkyl carbamates (subject to hydrolysis) is 1. The van der Waals surface area contributed by atoms with Crippen molar-refractivity contribution in [3.05, 3.63) is 65.7 Å².